The lowest BCUT2D eigenvalue weighted by molar-refractivity contribution is 0.552. The first-order chi connectivity index (χ1) is 7.29. The summed E-state index contributed by atoms with van der Waals surface area (Å²) >= 11 is 1.61. The van der Waals surface area contributed by atoms with Gasteiger partial charge < -0.3 is 4.90 Å². The Morgan fingerprint density at radius 1 is 1.47 bits per heavy atom. The quantitative estimate of drug-likeness (QED) is 0.586. The lowest BCUT2D eigenvalue weighted by Gasteiger charge is -2.06. The van der Waals surface area contributed by atoms with E-state index in [0.717, 1.165) is 17.2 Å². The Balaban J connectivity index is 2.26. The topological polar surface area (TPSA) is 28.5 Å². The summed E-state index contributed by atoms with van der Waals surface area (Å²) < 4.78 is 1.18. The molecule has 15 heavy (non-hydrogen) atoms. The first-order valence-corrected chi connectivity index (χ1v) is 5.71. The number of aliphatic imine (C=N–C) groups is 1. The van der Waals surface area contributed by atoms with E-state index >= 15 is 0 Å². The Morgan fingerprint density at radius 3 is 3.00 bits per heavy atom. The van der Waals surface area contributed by atoms with Gasteiger partial charge in [-0.1, -0.05) is 23.5 Å². The molecule has 2 rings (SSSR count). The fourth-order valence-corrected chi connectivity index (χ4v) is 1.95. The maximum absolute atomic E-state index is 4.41. The van der Waals surface area contributed by atoms with Crippen molar-refractivity contribution < 1.29 is 0 Å². The number of fused-ring (bicyclic) bond motifs is 1. The lowest BCUT2D eigenvalue weighted by Crippen LogP contribution is -2.14. The highest BCUT2D eigenvalue weighted by Gasteiger charge is 2.00. The van der Waals surface area contributed by atoms with Gasteiger partial charge in [-0.25, -0.2) is 9.98 Å². The zero-order valence-electron chi connectivity index (χ0n) is 8.84. The van der Waals surface area contributed by atoms with Crippen LogP contribution in [0.25, 0.3) is 10.2 Å². The van der Waals surface area contributed by atoms with E-state index in [2.05, 4.69) is 23.0 Å². The number of para-hydroxylation sites is 1. The second-order valence-corrected chi connectivity index (χ2v) is 4.29. The van der Waals surface area contributed by atoms with Crippen LogP contribution in [0.15, 0.2) is 29.3 Å². The molecule has 1 aromatic heterocycles. The zero-order valence-corrected chi connectivity index (χ0v) is 9.66. The van der Waals surface area contributed by atoms with Crippen LogP contribution in [0.5, 0.6) is 0 Å². The summed E-state index contributed by atoms with van der Waals surface area (Å²) in [6, 6.07) is 8.09. The standard InChI is InChI=1S/C11H13N3S/c1-3-14(2)8-12-11-13-9-6-4-5-7-10(9)15-11/h4-8H,3H2,1-2H3. The molecular formula is C11H13N3S. The Kier molecular flexibility index (Phi) is 2.97. The highest BCUT2D eigenvalue weighted by Crippen LogP contribution is 2.27. The molecule has 4 heteroatoms. The van der Waals surface area contributed by atoms with E-state index in [1.807, 2.05) is 36.5 Å². The Morgan fingerprint density at radius 2 is 2.27 bits per heavy atom. The van der Waals surface area contributed by atoms with Crippen LogP contribution in [0.2, 0.25) is 0 Å². The van der Waals surface area contributed by atoms with E-state index in [1.165, 1.54) is 4.70 Å². The molecule has 0 spiro atoms. The summed E-state index contributed by atoms with van der Waals surface area (Å²) in [6.45, 7) is 3.04. The summed E-state index contributed by atoms with van der Waals surface area (Å²) in [4.78, 5) is 10.8. The van der Waals surface area contributed by atoms with Gasteiger partial charge in [-0.15, -0.1) is 0 Å². The van der Waals surface area contributed by atoms with E-state index in [0.29, 0.717) is 0 Å². The van der Waals surface area contributed by atoms with Crippen LogP contribution in [0.1, 0.15) is 6.92 Å². The van der Waals surface area contributed by atoms with Gasteiger partial charge in [-0.3, -0.25) is 0 Å². The molecule has 0 N–H and O–H groups in total. The molecule has 1 heterocycles. The van der Waals surface area contributed by atoms with Crippen LogP contribution in [0.3, 0.4) is 0 Å². The highest BCUT2D eigenvalue weighted by atomic mass is 32.1. The smallest absolute Gasteiger partial charge is 0.211 e. The number of thiazole rings is 1. The summed E-state index contributed by atoms with van der Waals surface area (Å²) in [6.07, 6.45) is 1.82. The lowest BCUT2D eigenvalue weighted by atomic mass is 10.3. The van der Waals surface area contributed by atoms with Gasteiger partial charge in [0.2, 0.25) is 5.13 Å². The molecule has 78 valence electrons. The van der Waals surface area contributed by atoms with Crippen LogP contribution in [0, 0.1) is 0 Å². The molecule has 0 atom stereocenters. The molecule has 1 aromatic carbocycles. The molecule has 0 saturated carbocycles. The molecule has 0 radical (unpaired) electrons. The van der Waals surface area contributed by atoms with Gasteiger partial charge in [0.25, 0.3) is 0 Å². The van der Waals surface area contributed by atoms with Crippen molar-refractivity contribution in [3.05, 3.63) is 24.3 Å². The van der Waals surface area contributed by atoms with Crippen molar-refractivity contribution in [3.63, 3.8) is 0 Å². The molecule has 0 aliphatic heterocycles. The SMILES string of the molecule is CCN(C)C=Nc1nc2ccccc2s1. The van der Waals surface area contributed by atoms with E-state index in [4.69, 9.17) is 0 Å². The molecular weight excluding hydrogens is 206 g/mol. The van der Waals surface area contributed by atoms with E-state index < -0.39 is 0 Å². The molecule has 0 saturated heterocycles. The number of aromatic nitrogens is 1. The fourth-order valence-electron chi connectivity index (χ4n) is 1.14. The molecule has 0 bridgehead atoms. The number of rotatable bonds is 3. The third kappa shape index (κ3) is 2.33. The first-order valence-electron chi connectivity index (χ1n) is 4.89. The van der Waals surface area contributed by atoms with Gasteiger partial charge in [0, 0.05) is 13.6 Å². The van der Waals surface area contributed by atoms with Crippen molar-refractivity contribution in [1.29, 1.82) is 0 Å². The van der Waals surface area contributed by atoms with Gasteiger partial charge >= 0.3 is 0 Å². The van der Waals surface area contributed by atoms with Crippen molar-refractivity contribution in [3.8, 4) is 0 Å². The van der Waals surface area contributed by atoms with Crippen molar-refractivity contribution in [1.82, 2.24) is 9.88 Å². The van der Waals surface area contributed by atoms with Gasteiger partial charge in [-0.2, -0.15) is 0 Å². The molecule has 0 fully saturated rings. The number of nitrogens with zero attached hydrogens (tertiary/aromatic N) is 3. The molecule has 0 unspecified atom stereocenters. The predicted octanol–water partition coefficient (Wildman–Crippen LogP) is 2.91. The predicted molar refractivity (Wildman–Crippen MR) is 66.1 cm³/mol. The maximum atomic E-state index is 4.41. The number of hydrogen-bond acceptors (Lipinski definition) is 3. The fraction of sp³-hybridized carbons (Fsp3) is 0.273. The second-order valence-electron chi connectivity index (χ2n) is 3.28. The molecule has 0 amide bonds. The van der Waals surface area contributed by atoms with Crippen LogP contribution >= 0.6 is 11.3 Å². The van der Waals surface area contributed by atoms with Crippen molar-refractivity contribution in [2.75, 3.05) is 13.6 Å². The zero-order chi connectivity index (χ0) is 10.7. The summed E-state index contributed by atoms with van der Waals surface area (Å²) in [5.41, 5.74) is 1.02. The average molecular weight is 219 g/mol. The molecule has 0 aliphatic carbocycles. The normalized spacial score (nSPS) is 11.3. The minimum Gasteiger partial charge on any atom is -0.366 e. The third-order valence-corrected chi connectivity index (χ3v) is 3.09. The summed E-state index contributed by atoms with van der Waals surface area (Å²) in [7, 11) is 2.00. The molecule has 3 nitrogen and oxygen atoms in total. The average Bonchev–Trinajstić information content (AvgIpc) is 2.68. The largest absolute Gasteiger partial charge is 0.366 e. The summed E-state index contributed by atoms with van der Waals surface area (Å²) in [5, 5.41) is 0.816. The van der Waals surface area contributed by atoms with Crippen molar-refractivity contribution in [2.24, 2.45) is 4.99 Å². The van der Waals surface area contributed by atoms with Crippen LogP contribution < -0.4 is 0 Å². The van der Waals surface area contributed by atoms with Gasteiger partial charge in [-0.05, 0) is 19.1 Å². The Bertz CT molecular complexity index is 442. The van der Waals surface area contributed by atoms with Crippen LogP contribution in [-0.4, -0.2) is 29.8 Å². The van der Waals surface area contributed by atoms with Gasteiger partial charge in [0.15, 0.2) is 0 Å². The Labute approximate surface area is 93.1 Å². The maximum Gasteiger partial charge on any atom is 0.211 e. The van der Waals surface area contributed by atoms with E-state index in [9.17, 15) is 0 Å². The minimum absolute atomic E-state index is 0.816. The second kappa shape index (κ2) is 4.40. The van der Waals surface area contributed by atoms with Crippen molar-refractivity contribution >= 4 is 33.0 Å². The van der Waals surface area contributed by atoms with Gasteiger partial charge in [0.05, 0.1) is 16.6 Å². The van der Waals surface area contributed by atoms with E-state index in [-0.39, 0.29) is 0 Å². The first kappa shape index (κ1) is 10.1. The van der Waals surface area contributed by atoms with Gasteiger partial charge in [0.1, 0.15) is 0 Å². The Hall–Kier alpha value is -1.42. The highest BCUT2D eigenvalue weighted by molar-refractivity contribution is 7.21. The van der Waals surface area contributed by atoms with E-state index in [1.54, 1.807) is 11.3 Å². The number of hydrogen-bond donors (Lipinski definition) is 0. The van der Waals surface area contributed by atoms with Crippen molar-refractivity contribution in [2.45, 2.75) is 6.92 Å². The van der Waals surface area contributed by atoms with Crippen LogP contribution in [-0.2, 0) is 0 Å². The third-order valence-electron chi connectivity index (χ3n) is 2.15. The number of benzene rings is 1. The molecule has 2 aromatic rings. The minimum atomic E-state index is 0.816. The molecule has 0 aliphatic rings. The summed E-state index contributed by atoms with van der Waals surface area (Å²) in [5.74, 6) is 0. The van der Waals surface area contributed by atoms with Crippen LogP contribution in [0.4, 0.5) is 5.13 Å². The monoisotopic (exact) mass is 219 g/mol.